The van der Waals surface area contributed by atoms with Gasteiger partial charge in [-0.05, 0) is 24.3 Å². The lowest BCUT2D eigenvalue weighted by atomic mass is 9.95. The van der Waals surface area contributed by atoms with E-state index in [1.54, 1.807) is 18.2 Å². The minimum Gasteiger partial charge on any atom is -0.419 e. The zero-order valence-corrected chi connectivity index (χ0v) is 20.7. The van der Waals surface area contributed by atoms with Crippen molar-refractivity contribution in [3.8, 4) is 5.75 Å². The van der Waals surface area contributed by atoms with Gasteiger partial charge in [0.25, 0.3) is 5.56 Å². The van der Waals surface area contributed by atoms with Crippen molar-refractivity contribution in [1.29, 1.82) is 0 Å². The molecule has 0 amide bonds. The number of carbonyl (C=O) groups excluding carboxylic acids is 1. The summed E-state index contributed by atoms with van der Waals surface area (Å²) in [5.74, 6) is -0.599. The van der Waals surface area contributed by atoms with Crippen LogP contribution < -0.4 is 10.3 Å². The molecule has 0 aliphatic carbocycles. The molecule has 3 aromatic rings. The van der Waals surface area contributed by atoms with Crippen LogP contribution in [0.15, 0.2) is 49.2 Å². The summed E-state index contributed by atoms with van der Waals surface area (Å²) in [6.07, 6.45) is 1.23. The number of hydrogen-bond donors (Lipinski definition) is 0. The molecule has 1 aromatic heterocycles. The summed E-state index contributed by atoms with van der Waals surface area (Å²) < 4.78 is 7.34. The van der Waals surface area contributed by atoms with Crippen molar-refractivity contribution >= 4 is 60.6 Å². The van der Waals surface area contributed by atoms with E-state index in [9.17, 15) is 19.7 Å². The van der Waals surface area contributed by atoms with Gasteiger partial charge >= 0.3 is 11.7 Å². The molecule has 0 spiro atoms. The Labute approximate surface area is 199 Å². The van der Waals surface area contributed by atoms with Gasteiger partial charge in [-0.15, -0.1) is 0 Å². The molecule has 2 aromatic carbocycles. The highest BCUT2D eigenvalue weighted by atomic mass is 79.9. The highest BCUT2D eigenvalue weighted by molar-refractivity contribution is 9.10. The molecular formula is C21H18Br2N4O5. The van der Waals surface area contributed by atoms with E-state index in [1.165, 1.54) is 18.3 Å². The smallest absolute Gasteiger partial charge is 0.313 e. The van der Waals surface area contributed by atoms with E-state index in [-0.39, 0.29) is 11.3 Å². The largest absolute Gasteiger partial charge is 0.419 e. The minimum atomic E-state index is -0.727. The van der Waals surface area contributed by atoms with E-state index in [0.29, 0.717) is 25.7 Å². The topological polar surface area (TPSA) is 117 Å². The molecular weight excluding hydrogens is 548 g/mol. The fraction of sp³-hybridized carbons (Fsp3) is 0.238. The van der Waals surface area contributed by atoms with E-state index in [1.807, 2.05) is 20.8 Å². The molecule has 166 valence electrons. The molecule has 0 fully saturated rings. The minimum absolute atomic E-state index is 0.141. The van der Waals surface area contributed by atoms with Crippen LogP contribution in [0.4, 0.5) is 5.69 Å². The third-order valence-electron chi connectivity index (χ3n) is 4.30. The van der Waals surface area contributed by atoms with Crippen LogP contribution >= 0.6 is 31.9 Å². The van der Waals surface area contributed by atoms with Crippen LogP contribution in [0.25, 0.3) is 10.9 Å². The number of ether oxygens (including phenoxy) is 1. The van der Waals surface area contributed by atoms with Crippen molar-refractivity contribution in [2.24, 2.45) is 5.10 Å². The van der Waals surface area contributed by atoms with Crippen LogP contribution in [-0.4, -0.2) is 26.8 Å². The van der Waals surface area contributed by atoms with Crippen LogP contribution in [0.2, 0.25) is 0 Å². The summed E-state index contributed by atoms with van der Waals surface area (Å²) in [6, 6.07) is 7.90. The summed E-state index contributed by atoms with van der Waals surface area (Å²) >= 11 is 6.57. The number of rotatable bonds is 4. The number of nitrogens with zero attached hydrogens (tertiary/aromatic N) is 4. The quantitative estimate of drug-likeness (QED) is 0.145. The van der Waals surface area contributed by atoms with Crippen molar-refractivity contribution in [3.63, 3.8) is 0 Å². The maximum atomic E-state index is 13.3. The molecule has 0 unspecified atom stereocenters. The molecule has 0 bridgehead atoms. The summed E-state index contributed by atoms with van der Waals surface area (Å²) in [4.78, 5) is 40.2. The lowest BCUT2D eigenvalue weighted by molar-refractivity contribution is -0.385. The van der Waals surface area contributed by atoms with Gasteiger partial charge in [0.1, 0.15) is 5.82 Å². The summed E-state index contributed by atoms with van der Waals surface area (Å²) in [5, 5.41) is 16.1. The molecule has 0 aliphatic rings. The van der Waals surface area contributed by atoms with Crippen LogP contribution in [0.1, 0.15) is 39.1 Å². The van der Waals surface area contributed by atoms with Crippen molar-refractivity contribution < 1.29 is 14.5 Å². The first-order valence-corrected chi connectivity index (χ1v) is 10.9. The van der Waals surface area contributed by atoms with Gasteiger partial charge in [-0.2, -0.15) is 9.78 Å². The Hall–Kier alpha value is -2.92. The second kappa shape index (κ2) is 8.91. The first-order valence-electron chi connectivity index (χ1n) is 9.32. The Morgan fingerprint density at radius 2 is 1.91 bits per heavy atom. The summed E-state index contributed by atoms with van der Waals surface area (Å²) in [5.41, 5.74) is -0.702. The van der Waals surface area contributed by atoms with Crippen molar-refractivity contribution in [2.75, 3.05) is 0 Å². The lowest BCUT2D eigenvalue weighted by Crippen LogP contribution is -2.29. The third kappa shape index (κ3) is 4.94. The zero-order valence-electron chi connectivity index (χ0n) is 17.6. The van der Waals surface area contributed by atoms with Gasteiger partial charge in [-0.25, -0.2) is 4.98 Å². The van der Waals surface area contributed by atoms with Crippen molar-refractivity contribution in [3.05, 3.63) is 71.1 Å². The highest BCUT2D eigenvalue weighted by Crippen LogP contribution is 2.34. The van der Waals surface area contributed by atoms with Gasteiger partial charge in [0.05, 0.1) is 22.0 Å². The number of hydrogen-bond acceptors (Lipinski definition) is 7. The molecule has 9 nitrogen and oxygen atoms in total. The molecule has 1 heterocycles. The molecule has 0 saturated carbocycles. The van der Waals surface area contributed by atoms with Gasteiger partial charge in [0.2, 0.25) is 5.75 Å². The second-order valence-electron chi connectivity index (χ2n) is 7.90. The van der Waals surface area contributed by atoms with Crippen molar-refractivity contribution in [1.82, 2.24) is 9.66 Å². The molecule has 0 radical (unpaired) electrons. The monoisotopic (exact) mass is 564 g/mol. The van der Waals surface area contributed by atoms with E-state index >= 15 is 0 Å². The zero-order chi connectivity index (χ0) is 23.8. The van der Waals surface area contributed by atoms with Crippen LogP contribution in [0.3, 0.4) is 0 Å². The number of nitro groups is 1. The Bertz CT molecular complexity index is 1340. The fourth-order valence-corrected chi connectivity index (χ4v) is 3.77. The predicted molar refractivity (Wildman–Crippen MR) is 128 cm³/mol. The molecule has 0 saturated heterocycles. The van der Waals surface area contributed by atoms with E-state index < -0.39 is 27.6 Å². The SMILES string of the molecule is CC(=O)Oc1c(C=Nn2c(C(C)(C)C)nc3ccc(Br)cc3c2=O)cc(Br)cc1[N+](=O)[O-]. The number of esters is 1. The van der Waals surface area contributed by atoms with Gasteiger partial charge in [0, 0.05) is 32.9 Å². The Balaban J connectivity index is 2.29. The van der Waals surface area contributed by atoms with Gasteiger partial charge in [-0.3, -0.25) is 19.7 Å². The number of halogens is 2. The predicted octanol–water partition coefficient (Wildman–Crippen LogP) is 4.93. The van der Waals surface area contributed by atoms with E-state index in [2.05, 4.69) is 41.9 Å². The maximum Gasteiger partial charge on any atom is 0.313 e. The highest BCUT2D eigenvalue weighted by Gasteiger charge is 2.24. The average molecular weight is 566 g/mol. The van der Waals surface area contributed by atoms with Crippen LogP contribution in [0.5, 0.6) is 5.75 Å². The fourth-order valence-electron chi connectivity index (χ4n) is 2.95. The normalized spacial score (nSPS) is 11.8. The van der Waals surface area contributed by atoms with Crippen LogP contribution in [0, 0.1) is 10.1 Å². The van der Waals surface area contributed by atoms with Gasteiger partial charge in [0.15, 0.2) is 0 Å². The van der Waals surface area contributed by atoms with Gasteiger partial charge in [-0.1, -0.05) is 52.6 Å². The molecule has 0 aliphatic heterocycles. The summed E-state index contributed by atoms with van der Waals surface area (Å²) in [6.45, 7) is 6.80. The Morgan fingerprint density at radius 3 is 2.50 bits per heavy atom. The first kappa shape index (κ1) is 23.7. The number of aromatic nitrogens is 2. The second-order valence-corrected chi connectivity index (χ2v) is 9.73. The molecule has 32 heavy (non-hydrogen) atoms. The number of fused-ring (bicyclic) bond motifs is 1. The Morgan fingerprint density at radius 1 is 1.22 bits per heavy atom. The standard InChI is InChI=1S/C21H18Br2N4O5/c1-11(28)32-18-12(7-14(23)9-17(18)27(30)31)10-24-26-19(29)15-8-13(22)5-6-16(15)25-20(26)21(2,3)4/h5-10H,1-4H3. The van der Waals surface area contributed by atoms with Crippen LogP contribution in [-0.2, 0) is 10.2 Å². The van der Waals surface area contributed by atoms with Crippen molar-refractivity contribution in [2.45, 2.75) is 33.1 Å². The Kier molecular flexibility index (Phi) is 6.61. The lowest BCUT2D eigenvalue weighted by Gasteiger charge is -2.21. The maximum absolute atomic E-state index is 13.3. The molecule has 0 atom stereocenters. The number of carbonyl (C=O) groups is 1. The van der Waals surface area contributed by atoms with E-state index in [4.69, 9.17) is 4.74 Å². The van der Waals surface area contributed by atoms with Gasteiger partial charge < -0.3 is 4.74 Å². The third-order valence-corrected chi connectivity index (χ3v) is 5.25. The van der Waals surface area contributed by atoms with E-state index in [0.717, 1.165) is 11.6 Å². The summed E-state index contributed by atoms with van der Waals surface area (Å²) in [7, 11) is 0. The number of nitro benzene ring substituents is 1. The molecule has 0 N–H and O–H groups in total. The molecule has 11 heteroatoms. The average Bonchev–Trinajstić information content (AvgIpc) is 2.67. The number of benzene rings is 2. The molecule has 3 rings (SSSR count). The first-order chi connectivity index (χ1) is 14.9.